The zero-order chi connectivity index (χ0) is 16.7. The van der Waals surface area contributed by atoms with Crippen LogP contribution in [0.25, 0.3) is 10.9 Å². The van der Waals surface area contributed by atoms with Gasteiger partial charge in [-0.2, -0.15) is 0 Å². The fourth-order valence-corrected chi connectivity index (χ4v) is 2.05. The Morgan fingerprint density at radius 2 is 1.91 bits per heavy atom. The van der Waals surface area contributed by atoms with Crippen LogP contribution in [0.1, 0.15) is 34.6 Å². The van der Waals surface area contributed by atoms with Crippen molar-refractivity contribution in [3.63, 3.8) is 0 Å². The van der Waals surface area contributed by atoms with Crippen molar-refractivity contribution in [3.05, 3.63) is 30.0 Å². The van der Waals surface area contributed by atoms with Crippen LogP contribution in [0.4, 0.5) is 13.6 Å². The molecule has 120 valence electrons. The molecule has 0 saturated carbocycles. The van der Waals surface area contributed by atoms with Gasteiger partial charge in [0.15, 0.2) is 17.4 Å². The Morgan fingerprint density at radius 3 is 2.45 bits per heavy atom. The van der Waals surface area contributed by atoms with Crippen LogP contribution in [0.15, 0.2) is 18.3 Å². The monoisotopic (exact) mass is 311 g/mol. The lowest BCUT2D eigenvalue weighted by molar-refractivity contribution is 0.117. The molecule has 6 heteroatoms. The quantitative estimate of drug-likeness (QED) is 0.820. The van der Waals surface area contributed by atoms with Gasteiger partial charge in [-0.3, -0.25) is 0 Å². The van der Waals surface area contributed by atoms with Crippen LogP contribution in [0, 0.1) is 11.6 Å². The molecule has 1 aromatic carbocycles. The van der Waals surface area contributed by atoms with Gasteiger partial charge in [-0.15, -0.1) is 0 Å². The van der Waals surface area contributed by atoms with E-state index in [0.717, 1.165) is 10.6 Å². The third-order valence-corrected chi connectivity index (χ3v) is 2.77. The van der Waals surface area contributed by atoms with Gasteiger partial charge in [-0.05, 0) is 40.7 Å². The summed E-state index contributed by atoms with van der Waals surface area (Å²) in [6, 6.07) is 2.27. The Hall–Kier alpha value is -2.11. The summed E-state index contributed by atoms with van der Waals surface area (Å²) in [5.41, 5.74) is -0.829. The summed E-state index contributed by atoms with van der Waals surface area (Å²) in [5.74, 6) is -1.64. The lowest BCUT2D eigenvalue weighted by Crippen LogP contribution is -2.23. The van der Waals surface area contributed by atoms with Crippen LogP contribution in [0.5, 0.6) is 5.75 Å². The van der Waals surface area contributed by atoms with E-state index in [1.54, 1.807) is 34.6 Å². The minimum atomic E-state index is -0.757. The number of halogens is 2. The van der Waals surface area contributed by atoms with E-state index in [9.17, 15) is 13.6 Å². The molecule has 0 aliphatic carbocycles. The van der Waals surface area contributed by atoms with E-state index in [1.807, 2.05) is 0 Å². The maximum atomic E-state index is 14.5. The second-order valence-corrected chi connectivity index (χ2v) is 6.27. The Labute approximate surface area is 127 Å². The van der Waals surface area contributed by atoms with Gasteiger partial charge in [0.05, 0.1) is 11.6 Å². The number of hydrogen-bond acceptors (Lipinski definition) is 3. The second kappa shape index (κ2) is 5.59. The zero-order valence-electron chi connectivity index (χ0n) is 13.2. The van der Waals surface area contributed by atoms with E-state index in [2.05, 4.69) is 0 Å². The van der Waals surface area contributed by atoms with E-state index in [-0.39, 0.29) is 22.8 Å². The van der Waals surface area contributed by atoms with Crippen molar-refractivity contribution in [1.29, 1.82) is 0 Å². The lowest BCUT2D eigenvalue weighted by Gasteiger charge is -2.22. The highest BCUT2D eigenvalue weighted by Gasteiger charge is 2.23. The highest BCUT2D eigenvalue weighted by atomic mass is 19.1. The van der Waals surface area contributed by atoms with Crippen molar-refractivity contribution in [2.45, 2.75) is 46.3 Å². The summed E-state index contributed by atoms with van der Waals surface area (Å²) in [7, 11) is 0. The minimum Gasteiger partial charge on any atom is -0.485 e. The van der Waals surface area contributed by atoms with Gasteiger partial charge < -0.3 is 9.47 Å². The third-order valence-electron chi connectivity index (χ3n) is 2.77. The summed E-state index contributed by atoms with van der Waals surface area (Å²) >= 11 is 0. The van der Waals surface area contributed by atoms with Gasteiger partial charge in [-0.25, -0.2) is 18.1 Å². The predicted octanol–water partition coefficient (Wildman–Crippen LogP) is 4.49. The SMILES string of the molecule is CC(C)OC(=O)n1ccc2c(F)c(OC(C)(C)C)cc(F)c21. The first-order valence-electron chi connectivity index (χ1n) is 6.99. The van der Waals surface area contributed by atoms with Crippen LogP contribution >= 0.6 is 0 Å². The molecule has 22 heavy (non-hydrogen) atoms. The van der Waals surface area contributed by atoms with Gasteiger partial charge in [0.1, 0.15) is 5.60 Å². The molecular weight excluding hydrogens is 292 g/mol. The number of carbonyl (C=O) groups excluding carboxylic acids is 1. The number of ether oxygens (including phenoxy) is 2. The number of benzene rings is 1. The molecular formula is C16H19F2NO3. The fourth-order valence-electron chi connectivity index (χ4n) is 2.05. The average Bonchev–Trinajstić information content (AvgIpc) is 2.78. The largest absolute Gasteiger partial charge is 0.485 e. The molecule has 0 saturated heterocycles. The lowest BCUT2D eigenvalue weighted by atomic mass is 10.1. The van der Waals surface area contributed by atoms with Crippen molar-refractivity contribution in [2.24, 2.45) is 0 Å². The van der Waals surface area contributed by atoms with E-state index in [1.165, 1.54) is 12.3 Å². The summed E-state index contributed by atoms with van der Waals surface area (Å²) < 4.78 is 40.2. The summed E-state index contributed by atoms with van der Waals surface area (Å²) in [6.45, 7) is 8.56. The number of rotatable bonds is 2. The van der Waals surface area contributed by atoms with Gasteiger partial charge in [0.25, 0.3) is 0 Å². The van der Waals surface area contributed by atoms with E-state index in [4.69, 9.17) is 9.47 Å². The number of aromatic nitrogens is 1. The maximum Gasteiger partial charge on any atom is 0.418 e. The molecule has 0 bridgehead atoms. The highest BCUT2D eigenvalue weighted by Crippen LogP contribution is 2.32. The predicted molar refractivity (Wildman–Crippen MR) is 79.3 cm³/mol. The van der Waals surface area contributed by atoms with Crippen LogP contribution in [-0.2, 0) is 4.74 Å². The molecule has 0 atom stereocenters. The molecule has 0 spiro atoms. The molecule has 0 N–H and O–H groups in total. The highest BCUT2D eigenvalue weighted by molar-refractivity contribution is 5.91. The van der Waals surface area contributed by atoms with E-state index in [0.29, 0.717) is 0 Å². The summed E-state index contributed by atoms with van der Waals surface area (Å²) in [5, 5.41) is -0.0278. The molecule has 2 aromatic rings. The number of hydrogen-bond donors (Lipinski definition) is 0. The molecule has 4 nitrogen and oxygen atoms in total. The van der Waals surface area contributed by atoms with Gasteiger partial charge in [-0.1, -0.05) is 0 Å². The van der Waals surface area contributed by atoms with Crippen molar-refractivity contribution in [1.82, 2.24) is 4.57 Å². The van der Waals surface area contributed by atoms with Crippen molar-refractivity contribution in [2.75, 3.05) is 0 Å². The first-order chi connectivity index (χ1) is 10.1. The van der Waals surface area contributed by atoms with E-state index < -0.39 is 23.3 Å². The van der Waals surface area contributed by atoms with Gasteiger partial charge in [0.2, 0.25) is 0 Å². The minimum absolute atomic E-state index is 0.0278. The standard InChI is InChI=1S/C16H19F2NO3/c1-9(2)21-15(20)19-7-6-10-13(18)12(22-16(3,4)5)8-11(17)14(10)19/h6-9H,1-5H3. The number of fused-ring (bicyclic) bond motifs is 1. The second-order valence-electron chi connectivity index (χ2n) is 6.27. The molecule has 1 heterocycles. The molecule has 0 radical (unpaired) electrons. The number of nitrogens with zero attached hydrogens (tertiary/aromatic N) is 1. The third kappa shape index (κ3) is 3.21. The molecule has 0 unspecified atom stereocenters. The molecule has 0 aliphatic heterocycles. The van der Waals surface area contributed by atoms with Crippen molar-refractivity contribution < 1.29 is 23.0 Å². The Kier molecular flexibility index (Phi) is 4.13. The fraction of sp³-hybridized carbons (Fsp3) is 0.438. The summed E-state index contributed by atoms with van der Waals surface area (Å²) in [4.78, 5) is 11.9. The molecule has 2 rings (SSSR count). The van der Waals surface area contributed by atoms with Crippen LogP contribution < -0.4 is 4.74 Å². The Morgan fingerprint density at radius 1 is 1.27 bits per heavy atom. The topological polar surface area (TPSA) is 40.5 Å². The number of carbonyl (C=O) groups is 1. The van der Waals surface area contributed by atoms with Crippen molar-refractivity contribution in [3.8, 4) is 5.75 Å². The molecule has 1 aromatic heterocycles. The van der Waals surface area contributed by atoms with Crippen LogP contribution in [0.2, 0.25) is 0 Å². The van der Waals surface area contributed by atoms with Gasteiger partial charge >= 0.3 is 6.09 Å². The average molecular weight is 311 g/mol. The molecule has 0 amide bonds. The normalized spacial score (nSPS) is 12.0. The van der Waals surface area contributed by atoms with Gasteiger partial charge in [0, 0.05) is 17.6 Å². The van der Waals surface area contributed by atoms with E-state index >= 15 is 0 Å². The first-order valence-corrected chi connectivity index (χ1v) is 6.99. The van der Waals surface area contributed by atoms with Crippen molar-refractivity contribution >= 4 is 17.0 Å². The zero-order valence-corrected chi connectivity index (χ0v) is 13.2. The van der Waals surface area contributed by atoms with Crippen LogP contribution in [-0.4, -0.2) is 22.4 Å². The molecule has 0 aliphatic rings. The Balaban J connectivity index is 2.54. The first kappa shape index (κ1) is 16.3. The molecule has 0 fully saturated rings. The summed E-state index contributed by atoms with van der Waals surface area (Å²) in [6.07, 6.45) is 0.164. The Bertz CT molecular complexity index is 714. The maximum absolute atomic E-state index is 14.5. The van der Waals surface area contributed by atoms with Crippen LogP contribution in [0.3, 0.4) is 0 Å². The smallest absolute Gasteiger partial charge is 0.418 e.